The highest BCUT2D eigenvalue weighted by molar-refractivity contribution is 6.30. The second-order valence-corrected chi connectivity index (χ2v) is 6.35. The van der Waals surface area contributed by atoms with Gasteiger partial charge in [0.05, 0.1) is 12.2 Å². The van der Waals surface area contributed by atoms with Gasteiger partial charge < -0.3 is 4.90 Å². The first-order chi connectivity index (χ1) is 11.9. The lowest BCUT2D eigenvalue weighted by Gasteiger charge is -2.25. The summed E-state index contributed by atoms with van der Waals surface area (Å²) in [6.45, 7) is 1.84. The van der Waals surface area contributed by atoms with Crippen LogP contribution >= 0.6 is 11.6 Å². The fourth-order valence-electron chi connectivity index (χ4n) is 2.62. The molecule has 25 heavy (non-hydrogen) atoms. The zero-order valence-electron chi connectivity index (χ0n) is 14.2. The lowest BCUT2D eigenvalue weighted by Crippen LogP contribution is -2.35. The summed E-state index contributed by atoms with van der Waals surface area (Å²) in [5, 5.41) is 5.06. The van der Waals surface area contributed by atoms with Crippen molar-refractivity contribution >= 4 is 28.5 Å². The normalized spacial score (nSPS) is 12.3. The number of fused-ring (bicyclic) bond motifs is 1. The molecule has 0 saturated carbocycles. The number of hydrogen-bond acceptors (Lipinski definition) is 4. The molecule has 7 nitrogen and oxygen atoms in total. The second kappa shape index (κ2) is 6.68. The minimum absolute atomic E-state index is 0.0783. The monoisotopic (exact) mass is 359 g/mol. The molecular formula is C17H18ClN5O2. The standard InChI is InChI=1S/C17H18ClN5O2/c1-11(12-4-6-13(18)7-5-12)21(2)15(24)9-23-10-19-16-14(17(23)25)8-20-22(16)3/h4-8,10-11H,9H2,1-3H3. The molecule has 1 unspecified atom stereocenters. The molecule has 0 aliphatic carbocycles. The Hall–Kier alpha value is -2.67. The van der Waals surface area contributed by atoms with Crippen LogP contribution in [0.4, 0.5) is 0 Å². The molecule has 0 bridgehead atoms. The van der Waals surface area contributed by atoms with Crippen LogP contribution in [0.15, 0.2) is 41.6 Å². The van der Waals surface area contributed by atoms with E-state index in [0.29, 0.717) is 16.1 Å². The van der Waals surface area contributed by atoms with Gasteiger partial charge in [-0.15, -0.1) is 0 Å². The van der Waals surface area contributed by atoms with Crippen molar-refractivity contribution < 1.29 is 4.79 Å². The summed E-state index contributed by atoms with van der Waals surface area (Å²) < 4.78 is 2.83. The molecular weight excluding hydrogens is 342 g/mol. The molecule has 3 rings (SSSR count). The van der Waals surface area contributed by atoms with Gasteiger partial charge in [-0.3, -0.25) is 18.8 Å². The average molecular weight is 360 g/mol. The van der Waals surface area contributed by atoms with Gasteiger partial charge in [0.25, 0.3) is 5.56 Å². The molecule has 0 radical (unpaired) electrons. The Morgan fingerprint density at radius 3 is 2.68 bits per heavy atom. The van der Waals surface area contributed by atoms with Crippen LogP contribution in [0.2, 0.25) is 5.02 Å². The van der Waals surface area contributed by atoms with E-state index in [1.165, 1.54) is 21.8 Å². The number of benzene rings is 1. The molecule has 1 amide bonds. The summed E-state index contributed by atoms with van der Waals surface area (Å²) in [5.41, 5.74) is 1.18. The van der Waals surface area contributed by atoms with Crippen molar-refractivity contribution in [2.45, 2.75) is 19.5 Å². The third-order valence-electron chi connectivity index (χ3n) is 4.35. The Kier molecular flexibility index (Phi) is 4.59. The topological polar surface area (TPSA) is 73.0 Å². The van der Waals surface area contributed by atoms with E-state index in [4.69, 9.17) is 11.6 Å². The van der Waals surface area contributed by atoms with Gasteiger partial charge in [-0.25, -0.2) is 4.98 Å². The molecule has 2 heterocycles. The molecule has 2 aromatic heterocycles. The van der Waals surface area contributed by atoms with Gasteiger partial charge in [0, 0.05) is 19.1 Å². The summed E-state index contributed by atoms with van der Waals surface area (Å²) in [6, 6.07) is 7.20. The Bertz CT molecular complexity index is 977. The van der Waals surface area contributed by atoms with Gasteiger partial charge in [-0.05, 0) is 24.6 Å². The van der Waals surface area contributed by atoms with Crippen molar-refractivity contribution in [3.63, 3.8) is 0 Å². The molecule has 1 aromatic carbocycles. The smallest absolute Gasteiger partial charge is 0.264 e. The fraction of sp³-hybridized carbons (Fsp3) is 0.294. The highest BCUT2D eigenvalue weighted by Gasteiger charge is 2.19. The van der Waals surface area contributed by atoms with Crippen LogP contribution in [-0.2, 0) is 18.4 Å². The number of carbonyl (C=O) groups excluding carboxylic acids is 1. The summed E-state index contributed by atoms with van der Waals surface area (Å²) in [4.78, 5) is 30.8. The summed E-state index contributed by atoms with van der Waals surface area (Å²) in [5.74, 6) is -0.186. The van der Waals surface area contributed by atoms with E-state index in [-0.39, 0.29) is 24.1 Å². The minimum Gasteiger partial charge on any atom is -0.337 e. The maximum atomic E-state index is 12.6. The van der Waals surface area contributed by atoms with Crippen molar-refractivity contribution in [1.29, 1.82) is 0 Å². The summed E-state index contributed by atoms with van der Waals surface area (Å²) in [6.07, 6.45) is 2.84. The molecule has 130 valence electrons. The minimum atomic E-state index is -0.279. The van der Waals surface area contributed by atoms with Gasteiger partial charge in [0.2, 0.25) is 5.91 Å². The Labute approximate surface area is 149 Å². The van der Waals surface area contributed by atoms with E-state index >= 15 is 0 Å². The quantitative estimate of drug-likeness (QED) is 0.714. The van der Waals surface area contributed by atoms with Gasteiger partial charge in [-0.2, -0.15) is 5.10 Å². The van der Waals surface area contributed by atoms with Crippen LogP contribution in [0.25, 0.3) is 11.0 Å². The molecule has 3 aromatic rings. The number of amides is 1. The van der Waals surface area contributed by atoms with Crippen molar-refractivity contribution in [1.82, 2.24) is 24.2 Å². The zero-order valence-corrected chi connectivity index (χ0v) is 14.9. The van der Waals surface area contributed by atoms with Gasteiger partial charge in [0.1, 0.15) is 18.3 Å². The molecule has 0 spiro atoms. The lowest BCUT2D eigenvalue weighted by atomic mass is 10.1. The van der Waals surface area contributed by atoms with Crippen LogP contribution in [-0.4, -0.2) is 37.2 Å². The van der Waals surface area contributed by atoms with Gasteiger partial charge in [0.15, 0.2) is 5.65 Å². The Morgan fingerprint density at radius 2 is 2.00 bits per heavy atom. The predicted octanol–water partition coefficient (Wildman–Crippen LogP) is 2.00. The summed E-state index contributed by atoms with van der Waals surface area (Å²) in [7, 11) is 3.43. The first-order valence-electron chi connectivity index (χ1n) is 7.76. The average Bonchev–Trinajstić information content (AvgIpc) is 2.98. The highest BCUT2D eigenvalue weighted by Crippen LogP contribution is 2.21. The van der Waals surface area contributed by atoms with E-state index in [1.54, 1.807) is 31.1 Å². The number of aryl methyl sites for hydroxylation is 1. The maximum Gasteiger partial charge on any atom is 0.264 e. The molecule has 0 aliphatic heterocycles. The van der Waals surface area contributed by atoms with E-state index < -0.39 is 0 Å². The first kappa shape index (κ1) is 17.2. The number of halogens is 1. The molecule has 0 fully saturated rings. The Morgan fingerprint density at radius 1 is 1.32 bits per heavy atom. The molecule has 0 saturated heterocycles. The van der Waals surface area contributed by atoms with Crippen molar-refractivity contribution in [2.24, 2.45) is 7.05 Å². The van der Waals surface area contributed by atoms with Crippen molar-refractivity contribution in [3.8, 4) is 0 Å². The number of aromatic nitrogens is 4. The second-order valence-electron chi connectivity index (χ2n) is 5.92. The van der Waals surface area contributed by atoms with Crippen LogP contribution in [0.3, 0.4) is 0 Å². The van der Waals surface area contributed by atoms with Crippen molar-refractivity contribution in [2.75, 3.05) is 7.05 Å². The zero-order chi connectivity index (χ0) is 18.1. The first-order valence-corrected chi connectivity index (χ1v) is 8.14. The maximum absolute atomic E-state index is 12.6. The third kappa shape index (κ3) is 3.28. The van der Waals surface area contributed by atoms with Crippen molar-refractivity contribution in [3.05, 3.63) is 57.7 Å². The lowest BCUT2D eigenvalue weighted by molar-refractivity contribution is -0.132. The molecule has 1 atom stereocenters. The SMILES string of the molecule is CC(c1ccc(Cl)cc1)N(C)C(=O)Cn1cnc2c(cnn2C)c1=O. The number of rotatable bonds is 4. The van der Waals surface area contributed by atoms with E-state index in [0.717, 1.165) is 5.56 Å². The number of hydrogen-bond donors (Lipinski definition) is 0. The number of carbonyl (C=O) groups is 1. The van der Waals surface area contributed by atoms with Gasteiger partial charge >= 0.3 is 0 Å². The summed E-state index contributed by atoms with van der Waals surface area (Å²) >= 11 is 5.90. The Balaban J connectivity index is 1.80. The van der Waals surface area contributed by atoms with Crippen LogP contribution in [0, 0.1) is 0 Å². The van der Waals surface area contributed by atoms with Gasteiger partial charge in [-0.1, -0.05) is 23.7 Å². The highest BCUT2D eigenvalue weighted by atomic mass is 35.5. The van der Waals surface area contributed by atoms with Crippen LogP contribution in [0.5, 0.6) is 0 Å². The number of nitrogens with zero attached hydrogens (tertiary/aromatic N) is 5. The fourth-order valence-corrected chi connectivity index (χ4v) is 2.74. The van der Waals surface area contributed by atoms with E-state index in [1.807, 2.05) is 19.1 Å². The van der Waals surface area contributed by atoms with Crippen LogP contribution < -0.4 is 5.56 Å². The van der Waals surface area contributed by atoms with Crippen LogP contribution in [0.1, 0.15) is 18.5 Å². The van der Waals surface area contributed by atoms with E-state index in [9.17, 15) is 9.59 Å². The molecule has 8 heteroatoms. The predicted molar refractivity (Wildman–Crippen MR) is 95.4 cm³/mol. The molecule has 0 aliphatic rings. The third-order valence-corrected chi connectivity index (χ3v) is 4.60. The molecule has 0 N–H and O–H groups in total. The van der Waals surface area contributed by atoms with E-state index in [2.05, 4.69) is 10.1 Å². The number of likely N-dealkylation sites (N-methyl/N-ethyl adjacent to an activating group) is 1. The largest absolute Gasteiger partial charge is 0.337 e.